The van der Waals surface area contributed by atoms with Crippen molar-refractivity contribution in [3.8, 4) is 0 Å². The molecule has 1 heterocycles. The first kappa shape index (κ1) is 25.8. The number of hydrogen-bond acceptors (Lipinski definition) is 5. The minimum absolute atomic E-state index is 0.0236. The molecule has 0 bridgehead atoms. The average molecular weight is 504 g/mol. The Balaban J connectivity index is 1.75. The Labute approximate surface area is 195 Å². The lowest BCUT2D eigenvalue weighted by atomic mass is 9.99. The molecule has 1 amide bonds. The summed E-state index contributed by atoms with van der Waals surface area (Å²) in [5.41, 5.74) is 0.173. The zero-order valence-electron chi connectivity index (χ0n) is 18.6. The fraction of sp³-hybridized carbons (Fsp3) is 0.409. The predicted molar refractivity (Wildman–Crippen MR) is 120 cm³/mol. The molecule has 2 aromatic carbocycles. The summed E-state index contributed by atoms with van der Waals surface area (Å²) in [7, 11) is -3.67. The molecule has 3 rings (SSSR count). The van der Waals surface area contributed by atoms with E-state index in [9.17, 15) is 30.8 Å². The normalized spacial score (nSPS) is 15.6. The predicted octanol–water partition coefficient (Wildman–Crippen LogP) is 3.47. The van der Waals surface area contributed by atoms with Gasteiger partial charge in [0.1, 0.15) is 5.82 Å². The fourth-order valence-electron chi connectivity index (χ4n) is 3.56. The van der Waals surface area contributed by atoms with Crippen LogP contribution in [0.25, 0.3) is 0 Å². The van der Waals surface area contributed by atoms with Gasteiger partial charge < -0.3 is 15.0 Å². The van der Waals surface area contributed by atoms with Crippen molar-refractivity contribution < 1.29 is 35.5 Å². The van der Waals surface area contributed by atoms with Crippen LogP contribution in [-0.2, 0) is 32.3 Å². The minimum atomic E-state index is -4.50. The van der Waals surface area contributed by atoms with Crippen LogP contribution in [0.5, 0.6) is 0 Å². The lowest BCUT2D eigenvalue weighted by Crippen LogP contribution is -2.37. The van der Waals surface area contributed by atoms with Gasteiger partial charge in [0.2, 0.25) is 15.9 Å². The number of halogens is 4. The fourth-order valence-corrected chi connectivity index (χ4v) is 4.12. The van der Waals surface area contributed by atoms with Crippen LogP contribution in [0.15, 0.2) is 36.4 Å². The van der Waals surface area contributed by atoms with Gasteiger partial charge in [-0.25, -0.2) is 12.8 Å². The van der Waals surface area contributed by atoms with Crippen molar-refractivity contribution in [1.82, 2.24) is 5.32 Å². The van der Waals surface area contributed by atoms with E-state index in [0.717, 1.165) is 24.5 Å². The topological polar surface area (TPSA) is 87.7 Å². The number of alkyl halides is 3. The summed E-state index contributed by atoms with van der Waals surface area (Å²) in [6.07, 6.45) is -3.61. The van der Waals surface area contributed by atoms with Gasteiger partial charge in [-0.1, -0.05) is 12.1 Å². The molecule has 0 aromatic heterocycles. The number of hydrogen-bond donors (Lipinski definition) is 2. The van der Waals surface area contributed by atoms with E-state index >= 15 is 0 Å². The van der Waals surface area contributed by atoms with Gasteiger partial charge in [0, 0.05) is 25.3 Å². The number of benzene rings is 2. The van der Waals surface area contributed by atoms with Crippen molar-refractivity contribution in [3.63, 3.8) is 0 Å². The molecule has 1 saturated heterocycles. The molecule has 2 N–H and O–H groups in total. The number of rotatable bonds is 7. The highest BCUT2D eigenvalue weighted by atomic mass is 32.2. The molecule has 0 radical (unpaired) electrons. The number of carbonyl (C=O) groups excluding carboxylic acids is 1. The third-order valence-corrected chi connectivity index (χ3v) is 5.99. The van der Waals surface area contributed by atoms with Gasteiger partial charge in [-0.05, 0) is 42.3 Å². The number of amides is 1. The molecule has 1 fully saturated rings. The smallest absolute Gasteiger partial charge is 0.378 e. The highest BCUT2D eigenvalue weighted by molar-refractivity contribution is 7.92. The number of anilines is 2. The quantitative estimate of drug-likeness (QED) is 0.565. The van der Waals surface area contributed by atoms with E-state index in [1.165, 1.54) is 18.2 Å². The number of nitrogens with zero attached hydrogens (tertiary/aromatic N) is 1. The van der Waals surface area contributed by atoms with E-state index in [2.05, 4.69) is 5.32 Å². The zero-order valence-corrected chi connectivity index (χ0v) is 19.4. The van der Waals surface area contributed by atoms with Crippen LogP contribution in [0, 0.1) is 5.82 Å². The Hall–Kier alpha value is -2.86. The summed E-state index contributed by atoms with van der Waals surface area (Å²) in [6, 6.07) is 7.09. The maximum atomic E-state index is 14.3. The average Bonchev–Trinajstić information content (AvgIpc) is 2.77. The molecule has 0 saturated carbocycles. The molecule has 7 nitrogen and oxygen atoms in total. The van der Waals surface area contributed by atoms with E-state index < -0.39 is 39.4 Å². The second-order valence-corrected chi connectivity index (χ2v) is 9.74. The summed E-state index contributed by atoms with van der Waals surface area (Å²) in [6.45, 7) is 3.13. The number of sulfonamides is 1. The summed E-state index contributed by atoms with van der Waals surface area (Å²) in [5.74, 6) is -2.08. The molecule has 0 spiro atoms. The number of nitrogens with one attached hydrogen (secondary N) is 2. The third-order valence-electron chi connectivity index (χ3n) is 5.40. The van der Waals surface area contributed by atoms with E-state index in [0.29, 0.717) is 43.1 Å². The Morgan fingerprint density at radius 1 is 1.15 bits per heavy atom. The second kappa shape index (κ2) is 10.2. The van der Waals surface area contributed by atoms with E-state index in [4.69, 9.17) is 4.74 Å². The van der Waals surface area contributed by atoms with Crippen molar-refractivity contribution in [2.75, 3.05) is 42.2 Å². The Morgan fingerprint density at radius 3 is 2.41 bits per heavy atom. The van der Waals surface area contributed by atoms with Crippen molar-refractivity contribution in [2.45, 2.75) is 25.6 Å². The standard InChI is InChI=1S/C22H25F4N3O4S/c1-14(15-4-6-19(18(23)11-15)28-34(2,31)32)21(30)27-13-16-3-5-17(22(24,25)26)12-20(16)29-7-9-33-10-8-29/h3-6,11-12,14,28H,7-10,13H2,1-2H3,(H,27,30). The van der Waals surface area contributed by atoms with Crippen molar-refractivity contribution in [2.24, 2.45) is 0 Å². The Bertz CT molecular complexity index is 1150. The molecule has 1 unspecified atom stereocenters. The molecule has 1 aliphatic heterocycles. The summed E-state index contributed by atoms with van der Waals surface area (Å²) in [4.78, 5) is 14.5. The molecule has 0 aliphatic carbocycles. The summed E-state index contributed by atoms with van der Waals surface area (Å²) in [5, 5.41) is 2.70. The monoisotopic (exact) mass is 503 g/mol. The Morgan fingerprint density at radius 2 is 1.82 bits per heavy atom. The zero-order chi connectivity index (χ0) is 25.1. The first-order chi connectivity index (χ1) is 15.8. The molecule has 186 valence electrons. The Kier molecular flexibility index (Phi) is 7.71. The number of morpholine rings is 1. The van der Waals surface area contributed by atoms with Gasteiger partial charge in [0.05, 0.1) is 36.6 Å². The molecule has 1 atom stereocenters. The first-order valence-electron chi connectivity index (χ1n) is 10.4. The highest BCUT2D eigenvalue weighted by Crippen LogP contribution is 2.34. The van der Waals surface area contributed by atoms with E-state index in [1.807, 2.05) is 4.72 Å². The van der Waals surface area contributed by atoms with Gasteiger partial charge >= 0.3 is 6.18 Å². The largest absolute Gasteiger partial charge is 0.416 e. The molecule has 1 aliphatic rings. The third kappa shape index (κ3) is 6.60. The van der Waals surface area contributed by atoms with Gasteiger partial charge in [-0.2, -0.15) is 13.2 Å². The maximum absolute atomic E-state index is 14.3. The van der Waals surface area contributed by atoms with Gasteiger partial charge in [-0.15, -0.1) is 0 Å². The molecule has 12 heteroatoms. The number of ether oxygens (including phenoxy) is 1. The van der Waals surface area contributed by atoms with Crippen molar-refractivity contribution >= 4 is 27.3 Å². The van der Waals surface area contributed by atoms with Crippen LogP contribution < -0.4 is 14.9 Å². The number of carbonyl (C=O) groups is 1. The molecular formula is C22H25F4N3O4S. The van der Waals surface area contributed by atoms with Crippen LogP contribution in [-0.4, -0.2) is 46.9 Å². The molecule has 2 aromatic rings. The second-order valence-electron chi connectivity index (χ2n) is 7.99. The van der Waals surface area contributed by atoms with Gasteiger partial charge in [-0.3, -0.25) is 9.52 Å². The van der Waals surface area contributed by atoms with Gasteiger partial charge in [0.25, 0.3) is 0 Å². The van der Waals surface area contributed by atoms with E-state index in [1.54, 1.807) is 11.8 Å². The van der Waals surface area contributed by atoms with Crippen LogP contribution in [0.2, 0.25) is 0 Å². The lowest BCUT2D eigenvalue weighted by Gasteiger charge is -2.31. The molecule has 34 heavy (non-hydrogen) atoms. The summed E-state index contributed by atoms with van der Waals surface area (Å²) >= 11 is 0. The van der Waals surface area contributed by atoms with Gasteiger partial charge in [0.15, 0.2) is 0 Å². The highest BCUT2D eigenvalue weighted by Gasteiger charge is 2.32. The molecular weight excluding hydrogens is 478 g/mol. The van der Waals surface area contributed by atoms with E-state index in [-0.39, 0.29) is 12.2 Å². The maximum Gasteiger partial charge on any atom is 0.416 e. The summed E-state index contributed by atoms with van der Waals surface area (Å²) < 4.78 is 83.9. The minimum Gasteiger partial charge on any atom is -0.378 e. The van der Waals surface area contributed by atoms with Crippen LogP contribution in [0.1, 0.15) is 29.5 Å². The SMILES string of the molecule is CC(C(=O)NCc1ccc(C(F)(F)F)cc1N1CCOCC1)c1ccc(NS(C)(=O)=O)c(F)c1. The van der Waals surface area contributed by atoms with Crippen LogP contribution in [0.4, 0.5) is 28.9 Å². The van der Waals surface area contributed by atoms with Crippen LogP contribution >= 0.6 is 0 Å². The van der Waals surface area contributed by atoms with Crippen molar-refractivity contribution in [3.05, 3.63) is 58.9 Å². The van der Waals surface area contributed by atoms with Crippen molar-refractivity contribution in [1.29, 1.82) is 0 Å². The lowest BCUT2D eigenvalue weighted by molar-refractivity contribution is -0.137. The first-order valence-corrected chi connectivity index (χ1v) is 12.3. The van der Waals surface area contributed by atoms with Crippen LogP contribution in [0.3, 0.4) is 0 Å².